The Morgan fingerprint density at radius 3 is 2.63 bits per heavy atom. The highest BCUT2D eigenvalue weighted by Gasteiger charge is 2.45. The molecule has 2 aliphatic carbocycles. The zero-order valence-electron chi connectivity index (χ0n) is 28.8. The summed E-state index contributed by atoms with van der Waals surface area (Å²) in [7, 11) is -4.28. The molecule has 14 heteroatoms. The predicted octanol–water partition coefficient (Wildman–Crippen LogP) is 4.91. The van der Waals surface area contributed by atoms with Crippen LogP contribution in [0.4, 0.5) is 14.5 Å². The van der Waals surface area contributed by atoms with Crippen LogP contribution in [-0.2, 0) is 40.9 Å². The second-order valence-corrected chi connectivity index (χ2v) is 17.1. The number of carbonyl (C=O) groups is 2. The Morgan fingerprint density at radius 2 is 1.88 bits per heavy atom. The zero-order valence-corrected chi connectivity index (χ0v) is 30.4. The largest absolute Gasteiger partial charge is 0.490 e. The third kappa shape index (κ3) is 7.23. The van der Waals surface area contributed by atoms with Gasteiger partial charge in [0.1, 0.15) is 18.0 Å². The van der Waals surface area contributed by atoms with Gasteiger partial charge in [0.2, 0.25) is 5.91 Å². The maximum atomic E-state index is 13.9. The van der Waals surface area contributed by atoms with Crippen molar-refractivity contribution in [1.29, 1.82) is 0 Å². The van der Waals surface area contributed by atoms with Gasteiger partial charge >= 0.3 is 0 Å². The van der Waals surface area contributed by atoms with Crippen LogP contribution in [0.25, 0.3) is 0 Å². The molecule has 1 saturated heterocycles. The van der Waals surface area contributed by atoms with Crippen molar-refractivity contribution >= 4 is 39.1 Å². The van der Waals surface area contributed by atoms with Gasteiger partial charge < -0.3 is 24.0 Å². The average molecular weight is 748 g/mol. The first kappa shape index (κ1) is 36.1. The number of rotatable bonds is 3. The Bertz CT molecular complexity index is 1820. The summed E-state index contributed by atoms with van der Waals surface area (Å²) in [5.74, 6) is -0.697. The van der Waals surface area contributed by atoms with E-state index in [2.05, 4.69) is 15.7 Å². The smallest absolute Gasteiger partial charge is 0.265 e. The Morgan fingerprint density at radius 1 is 1.10 bits per heavy atom. The normalized spacial score (nSPS) is 31.5. The minimum absolute atomic E-state index is 0.0207. The van der Waals surface area contributed by atoms with Gasteiger partial charge in [0.05, 0.1) is 43.0 Å². The maximum absolute atomic E-state index is 13.9. The van der Waals surface area contributed by atoms with Crippen molar-refractivity contribution in [3.05, 3.63) is 64.7 Å². The fraction of sp³-hybridized carbons (Fsp3) is 0.568. The van der Waals surface area contributed by atoms with E-state index in [0.29, 0.717) is 36.2 Å². The number of carbonyl (C=O) groups excluding carboxylic acids is 2. The highest BCUT2D eigenvalue weighted by atomic mass is 35.5. The summed E-state index contributed by atoms with van der Waals surface area (Å²) >= 11 is 6.42. The number of hydrogen-bond donors (Lipinski definition) is 1. The van der Waals surface area contributed by atoms with Gasteiger partial charge in [-0.15, -0.1) is 0 Å². The van der Waals surface area contributed by atoms with Crippen molar-refractivity contribution in [2.75, 3.05) is 50.9 Å². The molecule has 0 unspecified atom stereocenters. The van der Waals surface area contributed by atoms with Crippen LogP contribution >= 0.6 is 11.6 Å². The molecule has 0 aromatic heterocycles. The Hall–Kier alpha value is -3.26. The molecule has 2 fully saturated rings. The fourth-order valence-electron chi connectivity index (χ4n) is 8.12. The number of ether oxygens (including phenoxy) is 3. The second kappa shape index (κ2) is 13.9. The number of benzene rings is 2. The summed E-state index contributed by atoms with van der Waals surface area (Å²) in [6, 6.07) is 10.7. The lowest BCUT2D eigenvalue weighted by molar-refractivity contribution is -0.140. The van der Waals surface area contributed by atoms with Crippen molar-refractivity contribution in [2.24, 2.45) is 11.8 Å². The number of aryl methyl sites for hydroxylation is 1. The van der Waals surface area contributed by atoms with E-state index < -0.39 is 51.3 Å². The summed E-state index contributed by atoms with van der Waals surface area (Å²) in [5.41, 5.74) is 1.05. The monoisotopic (exact) mass is 747 g/mol. The molecule has 7 rings (SSSR count). The maximum Gasteiger partial charge on any atom is 0.265 e. The molecule has 3 heterocycles. The first-order valence-electron chi connectivity index (χ1n) is 17.6. The molecule has 2 amide bonds. The summed E-state index contributed by atoms with van der Waals surface area (Å²) in [6.07, 6.45) is 3.94. The second-order valence-electron chi connectivity index (χ2n) is 15.0. The van der Waals surface area contributed by atoms with Gasteiger partial charge in [-0.1, -0.05) is 29.8 Å². The number of likely N-dealkylation sites (tertiary alicyclic amines) is 1. The number of nitrogens with one attached hydrogen (secondary N) is 1. The van der Waals surface area contributed by atoms with E-state index in [1.165, 1.54) is 31.0 Å². The molecule has 2 aromatic rings. The summed E-state index contributed by atoms with van der Waals surface area (Å²) in [4.78, 5) is 29.5. The number of sulfonamides is 1. The number of halogens is 3. The molecule has 2 aromatic carbocycles. The van der Waals surface area contributed by atoms with Gasteiger partial charge in [0.25, 0.3) is 15.9 Å². The molecule has 10 nitrogen and oxygen atoms in total. The molecule has 1 N–H and O–H groups in total. The Balaban J connectivity index is 1.24. The van der Waals surface area contributed by atoms with E-state index in [1.807, 2.05) is 12.1 Å². The van der Waals surface area contributed by atoms with Crippen molar-refractivity contribution < 1.29 is 41.0 Å². The summed E-state index contributed by atoms with van der Waals surface area (Å²) in [5, 5.41) is 0.674. The van der Waals surface area contributed by atoms with Gasteiger partial charge in [-0.3, -0.25) is 9.59 Å². The number of nitrogens with zero attached hydrogens (tertiary/aromatic N) is 2. The van der Waals surface area contributed by atoms with E-state index >= 15 is 0 Å². The third-order valence-corrected chi connectivity index (χ3v) is 12.8. The fourth-order valence-corrected chi connectivity index (χ4v) is 9.44. The molecular weight excluding hydrogens is 704 g/mol. The van der Waals surface area contributed by atoms with E-state index in [4.69, 9.17) is 25.8 Å². The number of anilines is 1. The first-order chi connectivity index (χ1) is 24.2. The minimum atomic E-state index is -4.28. The van der Waals surface area contributed by atoms with Crippen LogP contribution in [0, 0.1) is 11.8 Å². The zero-order chi connectivity index (χ0) is 36.1. The van der Waals surface area contributed by atoms with E-state index in [-0.39, 0.29) is 43.0 Å². The van der Waals surface area contributed by atoms with Gasteiger partial charge in [-0.05, 0) is 99.2 Å². The lowest BCUT2D eigenvalue weighted by Crippen LogP contribution is -2.50. The molecule has 2 bridgehead atoms. The van der Waals surface area contributed by atoms with Crippen LogP contribution in [0.3, 0.4) is 0 Å². The van der Waals surface area contributed by atoms with Gasteiger partial charge in [0, 0.05) is 23.5 Å². The van der Waals surface area contributed by atoms with Crippen LogP contribution in [-0.4, -0.2) is 95.2 Å². The van der Waals surface area contributed by atoms with Gasteiger partial charge in [-0.25, -0.2) is 21.9 Å². The van der Waals surface area contributed by atoms with Crippen LogP contribution in [0.15, 0.2) is 53.4 Å². The molecule has 5 aliphatic rings. The van der Waals surface area contributed by atoms with Crippen molar-refractivity contribution in [1.82, 2.24) is 9.62 Å². The number of alkyl halides is 2. The number of hydrogen-bond acceptors (Lipinski definition) is 8. The molecule has 51 heavy (non-hydrogen) atoms. The topological polar surface area (TPSA) is 114 Å². The highest BCUT2D eigenvalue weighted by Crippen LogP contribution is 2.47. The molecule has 276 valence electrons. The summed E-state index contributed by atoms with van der Waals surface area (Å²) < 4.78 is 75.8. The Labute approximate surface area is 302 Å². The van der Waals surface area contributed by atoms with Crippen molar-refractivity contribution in [3.63, 3.8) is 0 Å². The average Bonchev–Trinajstić information content (AvgIpc) is 3.33. The third-order valence-electron chi connectivity index (χ3n) is 11.2. The Kier molecular flexibility index (Phi) is 9.87. The van der Waals surface area contributed by atoms with Crippen LogP contribution in [0.2, 0.25) is 5.02 Å². The van der Waals surface area contributed by atoms with Crippen LogP contribution in [0.1, 0.15) is 50.7 Å². The number of amides is 2. The van der Waals surface area contributed by atoms with E-state index in [1.54, 1.807) is 24.3 Å². The van der Waals surface area contributed by atoms with Crippen LogP contribution < -0.4 is 14.4 Å². The van der Waals surface area contributed by atoms with Crippen molar-refractivity contribution in [3.8, 4) is 5.75 Å². The molecule has 6 atom stereocenters. The van der Waals surface area contributed by atoms with Crippen molar-refractivity contribution in [2.45, 2.75) is 80.3 Å². The molecule has 1 spiro atoms. The van der Waals surface area contributed by atoms with Gasteiger partial charge in [0.15, 0.2) is 12.3 Å². The molecule has 3 aliphatic heterocycles. The number of fused-ring (bicyclic) bond motifs is 4. The molecule has 0 radical (unpaired) electrons. The lowest BCUT2D eigenvalue weighted by Gasteiger charge is -2.46. The quantitative estimate of drug-likeness (QED) is 0.441. The first-order valence-corrected chi connectivity index (χ1v) is 19.5. The lowest BCUT2D eigenvalue weighted by atomic mass is 9.68. The predicted molar refractivity (Wildman–Crippen MR) is 187 cm³/mol. The molecule has 1 saturated carbocycles. The minimum Gasteiger partial charge on any atom is -0.490 e. The van der Waals surface area contributed by atoms with E-state index in [0.717, 1.165) is 37.0 Å². The highest BCUT2D eigenvalue weighted by molar-refractivity contribution is 7.90. The standard InChI is InChI=1S/C37H44ClF2N3O7S/c1-36(2)35(45)41-51(46,47)26-9-12-33-31(16-26)43(21-37(22-49-33)13-3-5-23-15-25(38)8-11-28(23)37)17-24-7-10-27(24)32(6-4-14-50-36)48-20-34(44)42-18-29(39)30(40)19-42/h4,6,8-9,11-12,15-16,24,27,29-30,32H,3,5,7,10,13-14,17-22H2,1-2H3,(H,41,45)/t24-,27+,29-,30+,32-,37-/m0/s1. The summed E-state index contributed by atoms with van der Waals surface area (Å²) in [6.45, 7) is 3.49. The van der Waals surface area contributed by atoms with Crippen LogP contribution in [0.5, 0.6) is 5.75 Å². The van der Waals surface area contributed by atoms with Gasteiger partial charge in [-0.2, -0.15) is 0 Å². The van der Waals surface area contributed by atoms with E-state index in [9.17, 15) is 26.8 Å². The SMILES string of the molecule is CC1(C)OCC=C[C@H](OCC(=O)N2C[C@@H](F)[C@@H](F)C2)[C@@H]2CC[C@H]2CN2C[C@@]3(CCCc4cc(Cl)ccc43)COc3ccc(cc32)S(=O)(=O)NC1=O. The molecular formula is C37H44ClF2N3O7S.